The van der Waals surface area contributed by atoms with Crippen molar-refractivity contribution in [1.29, 1.82) is 5.26 Å². The van der Waals surface area contributed by atoms with Crippen molar-refractivity contribution in [2.45, 2.75) is 38.8 Å². The normalized spacial score (nSPS) is 16.5. The van der Waals surface area contributed by atoms with Gasteiger partial charge in [-0.05, 0) is 45.7 Å². The first kappa shape index (κ1) is 17.3. The van der Waals surface area contributed by atoms with Crippen molar-refractivity contribution in [3.05, 3.63) is 29.3 Å². The van der Waals surface area contributed by atoms with E-state index in [0.717, 1.165) is 29.7 Å². The van der Waals surface area contributed by atoms with Crippen LogP contribution >= 0.6 is 0 Å². The van der Waals surface area contributed by atoms with Crippen molar-refractivity contribution >= 4 is 5.91 Å². The van der Waals surface area contributed by atoms with Crippen LogP contribution in [0, 0.1) is 24.2 Å². The molecule has 1 aliphatic rings. The number of hydrogen-bond acceptors (Lipinski definition) is 4. The Morgan fingerprint density at radius 3 is 2.78 bits per heavy atom. The van der Waals surface area contributed by atoms with E-state index in [2.05, 4.69) is 17.5 Å². The summed E-state index contributed by atoms with van der Waals surface area (Å²) in [5.74, 6) is 0.997. The maximum Gasteiger partial charge on any atom is 0.235 e. The maximum atomic E-state index is 12.2. The highest BCUT2D eigenvalue weighted by atomic mass is 16.5. The van der Waals surface area contributed by atoms with E-state index in [1.54, 1.807) is 7.11 Å². The molecule has 5 heteroatoms. The molecule has 0 spiro atoms. The monoisotopic (exact) mass is 315 g/mol. The Hall–Kier alpha value is -2.06. The number of ether oxygens (including phenoxy) is 1. The van der Waals surface area contributed by atoms with E-state index in [0.29, 0.717) is 12.5 Å². The lowest BCUT2D eigenvalue weighted by atomic mass is 9.98. The van der Waals surface area contributed by atoms with Crippen molar-refractivity contribution in [2.75, 3.05) is 20.7 Å². The minimum Gasteiger partial charge on any atom is -0.496 e. The highest BCUT2D eigenvalue weighted by Gasteiger charge is 2.43. The van der Waals surface area contributed by atoms with Crippen LogP contribution < -0.4 is 10.1 Å². The van der Waals surface area contributed by atoms with Crippen LogP contribution in [-0.4, -0.2) is 37.0 Å². The zero-order valence-corrected chi connectivity index (χ0v) is 14.3. The first-order valence-electron chi connectivity index (χ1n) is 7.92. The van der Waals surface area contributed by atoms with Gasteiger partial charge in [0.1, 0.15) is 11.3 Å². The van der Waals surface area contributed by atoms with Crippen LogP contribution in [-0.2, 0) is 11.3 Å². The average Bonchev–Trinajstić information content (AvgIpc) is 3.32. The summed E-state index contributed by atoms with van der Waals surface area (Å²) >= 11 is 0. The molecule has 1 aromatic carbocycles. The first-order valence-corrected chi connectivity index (χ1v) is 7.92. The number of hydrogen-bond donors (Lipinski definition) is 1. The molecule has 0 bridgehead atoms. The van der Waals surface area contributed by atoms with E-state index in [1.807, 2.05) is 37.9 Å². The zero-order valence-electron chi connectivity index (χ0n) is 14.3. The van der Waals surface area contributed by atoms with Gasteiger partial charge in [0.05, 0.1) is 19.7 Å². The number of likely N-dealkylation sites (N-methyl/N-ethyl adjacent to an activating group) is 1. The van der Waals surface area contributed by atoms with Crippen LogP contribution in [0.5, 0.6) is 5.75 Å². The molecule has 0 aromatic heterocycles. The Bertz CT molecular complexity index is 619. The average molecular weight is 315 g/mol. The van der Waals surface area contributed by atoms with Gasteiger partial charge in [-0.3, -0.25) is 9.69 Å². The van der Waals surface area contributed by atoms with E-state index in [1.165, 1.54) is 0 Å². The summed E-state index contributed by atoms with van der Waals surface area (Å²) in [6, 6.07) is 8.26. The topological polar surface area (TPSA) is 65.4 Å². The van der Waals surface area contributed by atoms with Crippen LogP contribution in [0.15, 0.2) is 18.2 Å². The van der Waals surface area contributed by atoms with Gasteiger partial charge in [-0.1, -0.05) is 17.7 Å². The van der Waals surface area contributed by atoms with Crippen LogP contribution in [0.25, 0.3) is 0 Å². The van der Waals surface area contributed by atoms with Gasteiger partial charge < -0.3 is 10.1 Å². The molecular weight excluding hydrogens is 290 g/mol. The third-order valence-electron chi connectivity index (χ3n) is 4.31. The summed E-state index contributed by atoms with van der Waals surface area (Å²) in [4.78, 5) is 14.2. The van der Waals surface area contributed by atoms with Gasteiger partial charge in [0.15, 0.2) is 0 Å². The molecule has 0 aliphatic heterocycles. The number of nitriles is 1. The van der Waals surface area contributed by atoms with E-state index in [-0.39, 0.29) is 12.5 Å². The predicted octanol–water partition coefficient (Wildman–Crippen LogP) is 2.24. The molecular formula is C18H25N3O2. The van der Waals surface area contributed by atoms with Crippen LogP contribution in [0.3, 0.4) is 0 Å². The number of rotatable bonds is 7. The van der Waals surface area contributed by atoms with Gasteiger partial charge in [0, 0.05) is 12.1 Å². The van der Waals surface area contributed by atoms with Gasteiger partial charge in [-0.2, -0.15) is 5.26 Å². The molecule has 0 unspecified atom stereocenters. The van der Waals surface area contributed by atoms with Crippen molar-refractivity contribution in [3.63, 3.8) is 0 Å². The largest absolute Gasteiger partial charge is 0.496 e. The summed E-state index contributed by atoms with van der Waals surface area (Å²) in [6.07, 6.45) is 2.03. The number of amides is 1. The van der Waals surface area contributed by atoms with E-state index < -0.39 is 5.54 Å². The second-order valence-electron chi connectivity index (χ2n) is 6.62. The molecule has 23 heavy (non-hydrogen) atoms. The standard InChI is InChI=1S/C18H25N3O2/c1-13-5-8-16(23-4)14(9-13)10-21(3)11-17(22)20-18(2,12-19)15-6-7-15/h5,8-9,15H,6-7,10-11H2,1-4H3,(H,20,22)/t18-/m1/s1. The van der Waals surface area contributed by atoms with Crippen LogP contribution in [0.1, 0.15) is 30.9 Å². The lowest BCUT2D eigenvalue weighted by molar-refractivity contribution is -0.123. The van der Waals surface area contributed by atoms with Gasteiger partial charge >= 0.3 is 0 Å². The number of methoxy groups -OCH3 is 1. The number of aryl methyl sites for hydroxylation is 1. The number of carbonyl (C=O) groups is 1. The van der Waals surface area contributed by atoms with Crippen molar-refractivity contribution in [3.8, 4) is 11.8 Å². The number of benzene rings is 1. The summed E-state index contributed by atoms with van der Waals surface area (Å²) in [5.41, 5.74) is 1.47. The zero-order chi connectivity index (χ0) is 17.0. The van der Waals surface area contributed by atoms with Crippen molar-refractivity contribution in [2.24, 2.45) is 5.92 Å². The Morgan fingerprint density at radius 1 is 1.52 bits per heavy atom. The van der Waals surface area contributed by atoms with Crippen molar-refractivity contribution in [1.82, 2.24) is 10.2 Å². The molecule has 1 amide bonds. The molecule has 1 atom stereocenters. The molecule has 1 saturated carbocycles. The van der Waals surface area contributed by atoms with E-state index in [4.69, 9.17) is 4.74 Å². The van der Waals surface area contributed by atoms with E-state index >= 15 is 0 Å². The molecule has 1 aromatic rings. The smallest absolute Gasteiger partial charge is 0.235 e. The third kappa shape index (κ3) is 4.46. The molecule has 1 aliphatic carbocycles. The minimum absolute atomic E-state index is 0.116. The third-order valence-corrected chi connectivity index (χ3v) is 4.31. The fourth-order valence-corrected chi connectivity index (χ4v) is 2.83. The molecule has 0 radical (unpaired) electrons. The lowest BCUT2D eigenvalue weighted by Gasteiger charge is -2.25. The van der Waals surface area contributed by atoms with Crippen LogP contribution in [0.4, 0.5) is 0 Å². The van der Waals surface area contributed by atoms with E-state index in [9.17, 15) is 10.1 Å². The highest BCUT2D eigenvalue weighted by Crippen LogP contribution is 2.39. The minimum atomic E-state index is -0.737. The molecule has 5 nitrogen and oxygen atoms in total. The van der Waals surface area contributed by atoms with Gasteiger partial charge in [-0.15, -0.1) is 0 Å². The van der Waals surface area contributed by atoms with Gasteiger partial charge in [-0.25, -0.2) is 0 Å². The second-order valence-corrected chi connectivity index (χ2v) is 6.62. The van der Waals surface area contributed by atoms with Crippen molar-refractivity contribution < 1.29 is 9.53 Å². The maximum absolute atomic E-state index is 12.2. The second kappa shape index (κ2) is 7.01. The van der Waals surface area contributed by atoms with Gasteiger partial charge in [0.2, 0.25) is 5.91 Å². The number of nitrogens with one attached hydrogen (secondary N) is 1. The fraction of sp³-hybridized carbons (Fsp3) is 0.556. The van der Waals surface area contributed by atoms with Crippen LogP contribution in [0.2, 0.25) is 0 Å². The lowest BCUT2D eigenvalue weighted by Crippen LogP contribution is -2.49. The number of nitrogens with zero attached hydrogens (tertiary/aromatic N) is 2. The molecule has 0 saturated heterocycles. The Kier molecular flexibility index (Phi) is 5.27. The molecule has 0 heterocycles. The molecule has 124 valence electrons. The Morgan fingerprint density at radius 2 is 2.22 bits per heavy atom. The summed E-state index contributed by atoms with van der Waals surface area (Å²) in [6.45, 7) is 4.71. The quantitative estimate of drug-likeness (QED) is 0.838. The fourth-order valence-electron chi connectivity index (χ4n) is 2.83. The summed E-state index contributed by atoms with van der Waals surface area (Å²) in [5, 5.41) is 12.2. The van der Waals surface area contributed by atoms with Gasteiger partial charge in [0.25, 0.3) is 0 Å². The highest BCUT2D eigenvalue weighted by molar-refractivity contribution is 5.79. The summed E-state index contributed by atoms with van der Waals surface area (Å²) in [7, 11) is 3.54. The SMILES string of the molecule is COc1ccc(C)cc1CN(C)CC(=O)N[C@](C)(C#N)C1CC1. The molecule has 1 fully saturated rings. The first-order chi connectivity index (χ1) is 10.9. The molecule has 1 N–H and O–H groups in total. The number of carbonyl (C=O) groups excluding carboxylic acids is 1. The summed E-state index contributed by atoms with van der Waals surface area (Å²) < 4.78 is 5.37. The molecule has 2 rings (SSSR count). The Balaban J connectivity index is 1.94. The predicted molar refractivity (Wildman–Crippen MR) is 88.9 cm³/mol. The Labute approximate surface area is 138 Å².